The normalized spacial score (nSPS) is 19.9. The van der Waals surface area contributed by atoms with Crippen molar-refractivity contribution in [2.24, 2.45) is 5.41 Å². The molecule has 0 atom stereocenters. The van der Waals surface area contributed by atoms with Crippen LogP contribution in [0.1, 0.15) is 33.1 Å². The van der Waals surface area contributed by atoms with Gasteiger partial charge in [0, 0.05) is 18.6 Å². The van der Waals surface area contributed by atoms with E-state index in [4.69, 9.17) is 9.47 Å². The maximum absolute atomic E-state index is 5.56. The first-order chi connectivity index (χ1) is 6.83. The number of hydrogen-bond donors (Lipinski definition) is 0. The van der Waals surface area contributed by atoms with Crippen LogP contribution >= 0.6 is 0 Å². The molecule has 0 aliphatic heterocycles. The summed E-state index contributed by atoms with van der Waals surface area (Å²) in [6.07, 6.45) is 7.99. The molecule has 0 aromatic carbocycles. The molecule has 1 aliphatic rings. The van der Waals surface area contributed by atoms with Gasteiger partial charge in [-0.3, -0.25) is 0 Å². The smallest absolute Gasteiger partial charge is 0.0547 e. The Bertz CT molecular complexity index is 167. The van der Waals surface area contributed by atoms with Gasteiger partial charge in [0.15, 0.2) is 0 Å². The topological polar surface area (TPSA) is 18.5 Å². The highest BCUT2D eigenvalue weighted by molar-refractivity contribution is 4.97. The van der Waals surface area contributed by atoms with Gasteiger partial charge in [-0.05, 0) is 33.1 Å². The predicted octanol–water partition coefficient (Wildman–Crippen LogP) is 2.79. The second-order valence-electron chi connectivity index (χ2n) is 3.99. The molecule has 0 heterocycles. The van der Waals surface area contributed by atoms with Gasteiger partial charge in [0.05, 0.1) is 13.2 Å². The van der Waals surface area contributed by atoms with E-state index < -0.39 is 0 Å². The molecular weight excluding hydrogens is 176 g/mol. The molecule has 0 saturated heterocycles. The summed E-state index contributed by atoms with van der Waals surface area (Å²) in [6, 6.07) is 0. The van der Waals surface area contributed by atoms with Crippen molar-refractivity contribution >= 4 is 0 Å². The lowest BCUT2D eigenvalue weighted by atomic mass is 9.78. The van der Waals surface area contributed by atoms with Crippen LogP contribution in [0.2, 0.25) is 0 Å². The van der Waals surface area contributed by atoms with Crippen molar-refractivity contribution in [1.82, 2.24) is 0 Å². The average molecular weight is 198 g/mol. The van der Waals surface area contributed by atoms with Crippen LogP contribution in [-0.2, 0) is 9.47 Å². The Balaban J connectivity index is 2.44. The van der Waals surface area contributed by atoms with E-state index >= 15 is 0 Å². The second-order valence-corrected chi connectivity index (χ2v) is 3.99. The Morgan fingerprint density at radius 1 is 1.07 bits per heavy atom. The summed E-state index contributed by atoms with van der Waals surface area (Å²) in [4.78, 5) is 0. The number of rotatable bonds is 6. The van der Waals surface area contributed by atoms with Gasteiger partial charge in [-0.2, -0.15) is 0 Å². The van der Waals surface area contributed by atoms with Crippen molar-refractivity contribution in [2.75, 3.05) is 26.4 Å². The summed E-state index contributed by atoms with van der Waals surface area (Å²) in [5.41, 5.74) is 0.251. The van der Waals surface area contributed by atoms with E-state index in [0.29, 0.717) is 0 Å². The van der Waals surface area contributed by atoms with Gasteiger partial charge in [-0.15, -0.1) is 0 Å². The minimum atomic E-state index is 0.251. The summed E-state index contributed by atoms with van der Waals surface area (Å²) >= 11 is 0. The number of allylic oxidation sites excluding steroid dienone is 2. The van der Waals surface area contributed by atoms with Crippen molar-refractivity contribution in [3.63, 3.8) is 0 Å². The number of ether oxygens (including phenoxy) is 2. The van der Waals surface area contributed by atoms with Crippen LogP contribution in [0.5, 0.6) is 0 Å². The van der Waals surface area contributed by atoms with Crippen molar-refractivity contribution in [3.8, 4) is 0 Å². The first-order valence-corrected chi connectivity index (χ1v) is 5.63. The largest absolute Gasteiger partial charge is 0.381 e. The molecule has 0 saturated carbocycles. The molecule has 0 aromatic rings. The van der Waals surface area contributed by atoms with E-state index in [9.17, 15) is 0 Å². The fraction of sp³-hybridized carbons (Fsp3) is 0.833. The fourth-order valence-electron chi connectivity index (χ4n) is 1.88. The third kappa shape index (κ3) is 3.43. The molecule has 0 unspecified atom stereocenters. The lowest BCUT2D eigenvalue weighted by Gasteiger charge is -2.34. The molecule has 14 heavy (non-hydrogen) atoms. The Kier molecular flexibility index (Phi) is 5.20. The predicted molar refractivity (Wildman–Crippen MR) is 58.4 cm³/mol. The Labute approximate surface area is 87.3 Å². The maximum Gasteiger partial charge on any atom is 0.0547 e. The fourth-order valence-corrected chi connectivity index (χ4v) is 1.88. The van der Waals surface area contributed by atoms with Gasteiger partial charge in [0.2, 0.25) is 0 Å². The van der Waals surface area contributed by atoms with Crippen LogP contribution < -0.4 is 0 Å². The van der Waals surface area contributed by atoms with Crippen molar-refractivity contribution in [1.29, 1.82) is 0 Å². The summed E-state index contributed by atoms with van der Waals surface area (Å²) in [5.74, 6) is 0. The van der Waals surface area contributed by atoms with Crippen molar-refractivity contribution in [3.05, 3.63) is 12.2 Å². The van der Waals surface area contributed by atoms with Crippen LogP contribution in [0.4, 0.5) is 0 Å². The molecule has 1 aliphatic carbocycles. The molecule has 0 fully saturated rings. The van der Waals surface area contributed by atoms with Gasteiger partial charge in [0.1, 0.15) is 0 Å². The van der Waals surface area contributed by atoms with E-state index in [1.54, 1.807) is 0 Å². The molecule has 0 bridgehead atoms. The molecule has 82 valence electrons. The molecule has 0 spiro atoms. The van der Waals surface area contributed by atoms with Gasteiger partial charge in [0.25, 0.3) is 0 Å². The van der Waals surface area contributed by atoms with Crippen LogP contribution in [0.3, 0.4) is 0 Å². The van der Waals surface area contributed by atoms with Gasteiger partial charge in [-0.25, -0.2) is 0 Å². The quantitative estimate of drug-likeness (QED) is 0.611. The lowest BCUT2D eigenvalue weighted by Crippen LogP contribution is -2.33. The molecule has 2 heteroatoms. The first kappa shape index (κ1) is 11.7. The highest BCUT2D eigenvalue weighted by Crippen LogP contribution is 2.33. The molecule has 0 amide bonds. The zero-order valence-electron chi connectivity index (χ0n) is 9.42. The minimum Gasteiger partial charge on any atom is -0.381 e. The van der Waals surface area contributed by atoms with Crippen LogP contribution in [0.15, 0.2) is 12.2 Å². The van der Waals surface area contributed by atoms with Crippen LogP contribution in [-0.4, -0.2) is 26.4 Å². The number of hydrogen-bond acceptors (Lipinski definition) is 2. The third-order valence-electron chi connectivity index (χ3n) is 2.78. The third-order valence-corrected chi connectivity index (χ3v) is 2.78. The van der Waals surface area contributed by atoms with E-state index in [2.05, 4.69) is 12.2 Å². The molecular formula is C12H22O2. The zero-order valence-corrected chi connectivity index (χ0v) is 9.42. The van der Waals surface area contributed by atoms with Crippen LogP contribution in [0.25, 0.3) is 0 Å². The average Bonchev–Trinajstić information content (AvgIpc) is 2.25. The van der Waals surface area contributed by atoms with E-state index in [0.717, 1.165) is 32.8 Å². The summed E-state index contributed by atoms with van der Waals surface area (Å²) in [6.45, 7) is 7.39. The van der Waals surface area contributed by atoms with Crippen LogP contribution in [0, 0.1) is 5.41 Å². The zero-order chi connectivity index (χ0) is 10.3. The standard InChI is InChI=1S/C12H22O2/c1-3-13-10-12(11-14-4-2)8-6-5-7-9-12/h5-6H,3-4,7-11H2,1-2H3. The van der Waals surface area contributed by atoms with E-state index in [1.807, 2.05) is 13.8 Å². The summed E-state index contributed by atoms with van der Waals surface area (Å²) in [5, 5.41) is 0. The van der Waals surface area contributed by atoms with Gasteiger partial charge in [-0.1, -0.05) is 12.2 Å². The Hall–Kier alpha value is -0.340. The molecule has 1 rings (SSSR count). The second kappa shape index (κ2) is 6.20. The highest BCUT2D eigenvalue weighted by atomic mass is 16.5. The van der Waals surface area contributed by atoms with E-state index in [1.165, 1.54) is 12.8 Å². The molecule has 2 nitrogen and oxygen atoms in total. The highest BCUT2D eigenvalue weighted by Gasteiger charge is 2.30. The molecule has 0 N–H and O–H groups in total. The molecule has 0 aromatic heterocycles. The summed E-state index contributed by atoms with van der Waals surface area (Å²) in [7, 11) is 0. The monoisotopic (exact) mass is 198 g/mol. The molecule has 0 radical (unpaired) electrons. The first-order valence-electron chi connectivity index (χ1n) is 5.63. The van der Waals surface area contributed by atoms with Crippen molar-refractivity contribution < 1.29 is 9.47 Å². The van der Waals surface area contributed by atoms with E-state index in [-0.39, 0.29) is 5.41 Å². The van der Waals surface area contributed by atoms with Gasteiger partial charge < -0.3 is 9.47 Å². The Morgan fingerprint density at radius 3 is 2.14 bits per heavy atom. The van der Waals surface area contributed by atoms with Crippen molar-refractivity contribution in [2.45, 2.75) is 33.1 Å². The Morgan fingerprint density at radius 2 is 1.71 bits per heavy atom. The lowest BCUT2D eigenvalue weighted by molar-refractivity contribution is -0.0216. The van der Waals surface area contributed by atoms with Gasteiger partial charge >= 0.3 is 0 Å². The SMILES string of the molecule is CCOCC1(COCC)CC=CCC1. The minimum absolute atomic E-state index is 0.251. The maximum atomic E-state index is 5.56. The summed E-state index contributed by atoms with van der Waals surface area (Å²) < 4.78 is 11.1.